The van der Waals surface area contributed by atoms with E-state index >= 15 is 0 Å². The Kier molecular flexibility index (Phi) is 3.80. The van der Waals surface area contributed by atoms with Crippen LogP contribution in [0.4, 0.5) is 11.6 Å². The second-order valence-corrected chi connectivity index (χ2v) is 5.80. The van der Waals surface area contributed by atoms with Gasteiger partial charge < -0.3 is 20.0 Å². The van der Waals surface area contributed by atoms with E-state index in [-0.39, 0.29) is 5.82 Å². The molecule has 0 bridgehead atoms. The minimum absolute atomic E-state index is 0.0198. The molecule has 8 nitrogen and oxygen atoms in total. The lowest BCUT2D eigenvalue weighted by Crippen LogP contribution is -2.06. The lowest BCUT2D eigenvalue weighted by atomic mass is 10.1. The zero-order valence-electron chi connectivity index (χ0n) is 12.2. The highest BCUT2D eigenvalue weighted by Gasteiger charge is 2.23. The first-order chi connectivity index (χ1) is 10.6. The van der Waals surface area contributed by atoms with Gasteiger partial charge in [-0.15, -0.1) is 0 Å². The van der Waals surface area contributed by atoms with Gasteiger partial charge in [0, 0.05) is 17.5 Å². The molecule has 0 unspecified atom stereocenters. The number of nitrogens with zero attached hydrogens (tertiary/aromatic N) is 4. The molecule has 0 atom stereocenters. The summed E-state index contributed by atoms with van der Waals surface area (Å²) in [5.74, 6) is 1.12. The molecule has 3 rings (SSSR count). The summed E-state index contributed by atoms with van der Waals surface area (Å²) in [6.07, 6.45) is 3.27. The van der Waals surface area contributed by atoms with Gasteiger partial charge in [-0.1, -0.05) is 16.5 Å². The van der Waals surface area contributed by atoms with Crippen molar-refractivity contribution in [1.29, 1.82) is 0 Å². The van der Waals surface area contributed by atoms with Crippen molar-refractivity contribution in [3.05, 3.63) is 38.7 Å². The summed E-state index contributed by atoms with van der Waals surface area (Å²) < 4.78 is 6.60. The van der Waals surface area contributed by atoms with Crippen LogP contribution in [0.15, 0.2) is 16.1 Å². The van der Waals surface area contributed by atoms with Gasteiger partial charge in [0.05, 0.1) is 5.69 Å². The van der Waals surface area contributed by atoms with Gasteiger partial charge in [-0.05, 0) is 31.6 Å². The smallest absolute Gasteiger partial charge is 0.363 e. The first-order valence-corrected chi connectivity index (χ1v) is 7.71. The van der Waals surface area contributed by atoms with Gasteiger partial charge >= 0.3 is 5.82 Å². The fourth-order valence-corrected chi connectivity index (χ4v) is 3.11. The van der Waals surface area contributed by atoms with E-state index in [0.29, 0.717) is 17.3 Å². The third kappa shape index (κ3) is 2.54. The number of hydrogen-bond acceptors (Lipinski definition) is 7. The number of nitrogens with one attached hydrogen (secondary N) is 1. The van der Waals surface area contributed by atoms with Crippen LogP contribution < -0.4 is 5.32 Å². The fraction of sp³-hybridized carbons (Fsp3) is 0.385. The summed E-state index contributed by atoms with van der Waals surface area (Å²) >= 11 is 1.37. The van der Waals surface area contributed by atoms with Gasteiger partial charge in [-0.3, -0.25) is 0 Å². The standard InChI is InChI=1S/C13H15N5O3S/c1-8-10(9(2)21-16-8)4-3-5-14-11-12(18(19)20)17-6-7-22-13(17)15-11/h6-7,14H,3-5H2,1-2H3. The Hall–Kier alpha value is -2.42. The van der Waals surface area contributed by atoms with Crippen LogP contribution >= 0.6 is 11.3 Å². The summed E-state index contributed by atoms with van der Waals surface area (Å²) in [6.45, 7) is 4.39. The third-order valence-electron chi connectivity index (χ3n) is 3.49. The third-order valence-corrected chi connectivity index (χ3v) is 4.24. The number of aryl methyl sites for hydroxylation is 2. The number of imidazole rings is 1. The van der Waals surface area contributed by atoms with Gasteiger partial charge in [0.2, 0.25) is 5.82 Å². The van der Waals surface area contributed by atoms with E-state index < -0.39 is 4.92 Å². The van der Waals surface area contributed by atoms with Crippen LogP contribution in [-0.2, 0) is 6.42 Å². The average Bonchev–Trinajstić information content (AvgIpc) is 3.11. The molecule has 22 heavy (non-hydrogen) atoms. The van der Waals surface area contributed by atoms with Crippen LogP contribution in [0.5, 0.6) is 0 Å². The van der Waals surface area contributed by atoms with E-state index in [4.69, 9.17) is 4.52 Å². The van der Waals surface area contributed by atoms with E-state index in [2.05, 4.69) is 15.5 Å². The molecule has 1 N–H and O–H groups in total. The molecule has 3 heterocycles. The molecule has 0 saturated heterocycles. The van der Waals surface area contributed by atoms with Crippen molar-refractivity contribution in [1.82, 2.24) is 14.5 Å². The van der Waals surface area contributed by atoms with Crippen molar-refractivity contribution in [3.8, 4) is 0 Å². The molecule has 0 aliphatic carbocycles. The molecular weight excluding hydrogens is 306 g/mol. The van der Waals surface area contributed by atoms with Crippen molar-refractivity contribution in [2.75, 3.05) is 11.9 Å². The molecule has 0 saturated carbocycles. The van der Waals surface area contributed by atoms with Crippen LogP contribution in [-0.4, -0.2) is 26.0 Å². The van der Waals surface area contributed by atoms with Crippen molar-refractivity contribution in [3.63, 3.8) is 0 Å². The van der Waals surface area contributed by atoms with Crippen LogP contribution in [0.25, 0.3) is 4.96 Å². The van der Waals surface area contributed by atoms with E-state index in [1.807, 2.05) is 13.8 Å². The Labute approximate surface area is 129 Å². The summed E-state index contributed by atoms with van der Waals surface area (Å²) in [4.78, 5) is 15.7. The largest absolute Gasteiger partial charge is 0.372 e. The SMILES string of the molecule is Cc1noc(C)c1CCCNc1nc2sccn2c1[N+](=O)[O-]. The lowest BCUT2D eigenvalue weighted by molar-refractivity contribution is -0.389. The van der Waals surface area contributed by atoms with E-state index in [1.54, 1.807) is 11.6 Å². The van der Waals surface area contributed by atoms with Gasteiger partial charge in [0.15, 0.2) is 0 Å². The molecule has 3 aromatic heterocycles. The molecule has 3 aromatic rings. The minimum atomic E-state index is -0.413. The number of aromatic nitrogens is 3. The highest BCUT2D eigenvalue weighted by Crippen LogP contribution is 2.28. The molecule has 0 aliphatic heterocycles. The summed E-state index contributed by atoms with van der Waals surface area (Å²) in [7, 11) is 0. The number of fused-ring (bicyclic) bond motifs is 1. The monoisotopic (exact) mass is 321 g/mol. The molecule has 0 aliphatic rings. The van der Waals surface area contributed by atoms with Gasteiger partial charge in [0.25, 0.3) is 4.96 Å². The first-order valence-electron chi connectivity index (χ1n) is 6.83. The molecule has 0 radical (unpaired) electrons. The molecule has 0 spiro atoms. The maximum absolute atomic E-state index is 11.2. The molecule has 116 valence electrons. The van der Waals surface area contributed by atoms with E-state index in [9.17, 15) is 10.1 Å². The minimum Gasteiger partial charge on any atom is -0.363 e. The van der Waals surface area contributed by atoms with Gasteiger partial charge in [-0.25, -0.2) is 0 Å². The number of hydrogen-bond donors (Lipinski definition) is 1. The number of rotatable bonds is 6. The lowest BCUT2D eigenvalue weighted by Gasteiger charge is -2.03. The van der Waals surface area contributed by atoms with Crippen molar-refractivity contribution in [2.45, 2.75) is 26.7 Å². The van der Waals surface area contributed by atoms with Crippen LogP contribution in [0, 0.1) is 24.0 Å². The van der Waals surface area contributed by atoms with Crippen molar-refractivity contribution < 1.29 is 9.45 Å². The zero-order valence-corrected chi connectivity index (χ0v) is 13.0. The van der Waals surface area contributed by atoms with E-state index in [1.165, 1.54) is 15.7 Å². The normalized spacial score (nSPS) is 11.2. The zero-order chi connectivity index (χ0) is 15.7. The maximum Gasteiger partial charge on any atom is 0.372 e. The Bertz CT molecular complexity index is 799. The predicted molar refractivity (Wildman–Crippen MR) is 82.5 cm³/mol. The summed E-state index contributed by atoms with van der Waals surface area (Å²) in [6, 6.07) is 0. The Morgan fingerprint density at radius 3 is 3.00 bits per heavy atom. The fourth-order valence-electron chi connectivity index (χ4n) is 2.40. The molecule has 0 fully saturated rings. The molecule has 0 aromatic carbocycles. The van der Waals surface area contributed by atoms with Crippen LogP contribution in [0.3, 0.4) is 0 Å². The summed E-state index contributed by atoms with van der Waals surface area (Å²) in [5.41, 5.74) is 1.99. The average molecular weight is 321 g/mol. The van der Waals surface area contributed by atoms with E-state index in [0.717, 1.165) is 29.9 Å². The Balaban J connectivity index is 1.66. The topological polar surface area (TPSA) is 98.5 Å². The molecular formula is C13H15N5O3S. The highest BCUT2D eigenvalue weighted by molar-refractivity contribution is 7.15. The van der Waals surface area contributed by atoms with Crippen LogP contribution in [0.2, 0.25) is 0 Å². The number of thiazole rings is 1. The van der Waals surface area contributed by atoms with Crippen LogP contribution in [0.1, 0.15) is 23.4 Å². The first kappa shape index (κ1) is 14.5. The Morgan fingerprint density at radius 1 is 1.50 bits per heavy atom. The quantitative estimate of drug-likeness (QED) is 0.426. The number of nitro groups is 1. The second-order valence-electron chi connectivity index (χ2n) is 4.93. The maximum atomic E-state index is 11.2. The van der Waals surface area contributed by atoms with Gasteiger partial charge in [-0.2, -0.15) is 9.38 Å². The number of anilines is 1. The second kappa shape index (κ2) is 5.76. The summed E-state index contributed by atoms with van der Waals surface area (Å²) in [5, 5.41) is 19.9. The van der Waals surface area contributed by atoms with Gasteiger partial charge in [0.1, 0.15) is 12.0 Å². The van der Waals surface area contributed by atoms with Crippen molar-refractivity contribution in [2.24, 2.45) is 0 Å². The van der Waals surface area contributed by atoms with Crippen molar-refractivity contribution >= 4 is 27.9 Å². The Morgan fingerprint density at radius 2 is 2.32 bits per heavy atom. The molecule has 9 heteroatoms. The predicted octanol–water partition coefficient (Wildman–Crippen LogP) is 2.95. The highest BCUT2D eigenvalue weighted by atomic mass is 32.1. The molecule has 0 amide bonds.